The Morgan fingerprint density at radius 1 is 1.50 bits per heavy atom. The minimum atomic E-state index is -0.148. The first-order valence-electron chi connectivity index (χ1n) is 4.38. The Bertz CT molecular complexity index is 130. The van der Waals surface area contributed by atoms with E-state index in [1.54, 1.807) is 0 Å². The van der Waals surface area contributed by atoms with E-state index in [0.717, 1.165) is 19.5 Å². The highest BCUT2D eigenvalue weighted by atomic mass is 32.1. The van der Waals surface area contributed by atoms with E-state index in [1.165, 1.54) is 0 Å². The van der Waals surface area contributed by atoms with Gasteiger partial charge in [-0.2, -0.15) is 12.6 Å². The third kappa shape index (κ3) is 4.62. The van der Waals surface area contributed by atoms with Crippen LogP contribution in [0.3, 0.4) is 0 Å². The van der Waals surface area contributed by atoms with Crippen molar-refractivity contribution in [2.24, 2.45) is 0 Å². The molecule has 72 valence electrons. The molecule has 0 radical (unpaired) electrons. The Balaban J connectivity index is 3.69. The Hall–Kier alpha value is -0.220. The summed E-state index contributed by atoms with van der Waals surface area (Å²) in [4.78, 5) is 11.3. The predicted molar refractivity (Wildman–Crippen MR) is 54.6 cm³/mol. The van der Waals surface area contributed by atoms with Crippen molar-refractivity contribution < 1.29 is 4.79 Å². The van der Waals surface area contributed by atoms with Crippen LogP contribution in [0, 0.1) is 0 Å². The first-order chi connectivity index (χ1) is 5.76. The first kappa shape index (κ1) is 11.8. The molecule has 1 amide bonds. The lowest BCUT2D eigenvalue weighted by molar-refractivity contribution is -0.122. The molecule has 0 spiro atoms. The van der Waals surface area contributed by atoms with E-state index in [4.69, 9.17) is 0 Å². The van der Waals surface area contributed by atoms with Crippen LogP contribution in [0.15, 0.2) is 0 Å². The van der Waals surface area contributed by atoms with E-state index in [9.17, 15) is 4.79 Å². The van der Waals surface area contributed by atoms with Crippen molar-refractivity contribution in [2.75, 3.05) is 18.8 Å². The lowest BCUT2D eigenvalue weighted by Crippen LogP contribution is -2.45. The fourth-order valence-corrected chi connectivity index (χ4v) is 1.15. The maximum absolute atomic E-state index is 11.3. The van der Waals surface area contributed by atoms with Gasteiger partial charge in [-0.1, -0.05) is 13.8 Å². The highest BCUT2D eigenvalue weighted by Crippen LogP contribution is 1.88. The molecule has 12 heavy (non-hydrogen) atoms. The normalized spacial score (nSPS) is 12.6. The van der Waals surface area contributed by atoms with Crippen LogP contribution in [0.2, 0.25) is 0 Å². The molecule has 0 aromatic heterocycles. The molecule has 1 atom stereocenters. The highest BCUT2D eigenvalue weighted by Gasteiger charge is 2.13. The third-order valence-corrected chi connectivity index (χ3v) is 1.86. The second kappa shape index (κ2) is 7.43. The summed E-state index contributed by atoms with van der Waals surface area (Å²) in [5.41, 5.74) is 0. The van der Waals surface area contributed by atoms with Crippen molar-refractivity contribution in [3.63, 3.8) is 0 Å². The number of carbonyl (C=O) groups is 1. The fraction of sp³-hybridized carbons (Fsp3) is 0.875. The molecule has 0 aliphatic carbocycles. The van der Waals surface area contributed by atoms with Crippen LogP contribution in [-0.2, 0) is 4.79 Å². The van der Waals surface area contributed by atoms with Gasteiger partial charge < -0.3 is 10.6 Å². The maximum atomic E-state index is 11.3. The van der Waals surface area contributed by atoms with E-state index in [0.29, 0.717) is 5.75 Å². The number of hydrogen-bond donors (Lipinski definition) is 3. The molecule has 0 aromatic rings. The highest BCUT2D eigenvalue weighted by molar-refractivity contribution is 7.80. The Kier molecular flexibility index (Phi) is 7.29. The maximum Gasteiger partial charge on any atom is 0.237 e. The topological polar surface area (TPSA) is 41.1 Å². The van der Waals surface area contributed by atoms with E-state index >= 15 is 0 Å². The minimum Gasteiger partial charge on any atom is -0.355 e. The summed E-state index contributed by atoms with van der Waals surface area (Å²) < 4.78 is 0. The van der Waals surface area contributed by atoms with Crippen LogP contribution < -0.4 is 10.6 Å². The second-order valence-electron chi connectivity index (χ2n) is 2.58. The Labute approximate surface area is 79.7 Å². The van der Waals surface area contributed by atoms with Gasteiger partial charge in [-0.15, -0.1) is 0 Å². The summed E-state index contributed by atoms with van der Waals surface area (Å²) in [5, 5.41) is 5.87. The Morgan fingerprint density at radius 2 is 2.17 bits per heavy atom. The molecule has 0 unspecified atom stereocenters. The number of rotatable bonds is 6. The number of hydrogen-bond acceptors (Lipinski definition) is 3. The van der Waals surface area contributed by atoms with Gasteiger partial charge in [0.15, 0.2) is 0 Å². The predicted octanol–water partition coefficient (Wildman–Crippen LogP) is 0.420. The number of nitrogens with one attached hydrogen (secondary N) is 2. The largest absolute Gasteiger partial charge is 0.355 e. The third-order valence-electron chi connectivity index (χ3n) is 1.50. The zero-order chi connectivity index (χ0) is 9.40. The molecular weight excluding hydrogens is 172 g/mol. The Morgan fingerprint density at radius 3 is 2.58 bits per heavy atom. The van der Waals surface area contributed by atoms with E-state index in [-0.39, 0.29) is 11.9 Å². The number of amides is 1. The molecule has 0 aliphatic rings. The number of carbonyl (C=O) groups excluding carboxylic acids is 1. The molecule has 3 nitrogen and oxygen atoms in total. The quantitative estimate of drug-likeness (QED) is 0.531. The van der Waals surface area contributed by atoms with E-state index < -0.39 is 0 Å². The summed E-state index contributed by atoms with van der Waals surface area (Å²) in [7, 11) is 0. The van der Waals surface area contributed by atoms with Crippen molar-refractivity contribution in [2.45, 2.75) is 26.3 Å². The van der Waals surface area contributed by atoms with Gasteiger partial charge in [-0.05, 0) is 13.0 Å². The first-order valence-corrected chi connectivity index (χ1v) is 5.01. The molecule has 0 saturated carbocycles. The van der Waals surface area contributed by atoms with Crippen LogP contribution in [0.5, 0.6) is 0 Å². The summed E-state index contributed by atoms with van der Waals surface area (Å²) in [6.07, 6.45) is 0.969. The molecule has 0 rings (SSSR count). The number of thiol groups is 1. The van der Waals surface area contributed by atoms with Crippen LogP contribution in [-0.4, -0.2) is 30.8 Å². The van der Waals surface area contributed by atoms with Gasteiger partial charge in [0, 0.05) is 12.3 Å². The average molecular weight is 190 g/mol. The number of likely N-dealkylation sites (N-methyl/N-ethyl adjacent to an activating group) is 1. The molecule has 4 heteroatoms. The average Bonchev–Trinajstić information content (AvgIpc) is 2.10. The molecule has 0 bridgehead atoms. The van der Waals surface area contributed by atoms with E-state index in [2.05, 4.69) is 23.3 Å². The van der Waals surface area contributed by atoms with Gasteiger partial charge in [-0.3, -0.25) is 4.79 Å². The monoisotopic (exact) mass is 190 g/mol. The zero-order valence-electron chi connectivity index (χ0n) is 7.76. The summed E-state index contributed by atoms with van der Waals surface area (Å²) in [5.74, 6) is 0.595. The lowest BCUT2D eigenvalue weighted by Gasteiger charge is -2.14. The fourth-order valence-electron chi connectivity index (χ4n) is 0.858. The molecule has 0 aliphatic heterocycles. The van der Waals surface area contributed by atoms with Crippen molar-refractivity contribution >= 4 is 18.5 Å². The lowest BCUT2D eigenvalue weighted by atomic mass is 10.3. The minimum absolute atomic E-state index is 0.0497. The van der Waals surface area contributed by atoms with E-state index in [1.807, 2.05) is 13.8 Å². The molecule has 0 aromatic carbocycles. The second-order valence-corrected chi connectivity index (χ2v) is 2.95. The van der Waals surface area contributed by atoms with Crippen molar-refractivity contribution in [3.05, 3.63) is 0 Å². The van der Waals surface area contributed by atoms with Gasteiger partial charge in [0.25, 0.3) is 0 Å². The molecule has 0 fully saturated rings. The smallest absolute Gasteiger partial charge is 0.237 e. The van der Waals surface area contributed by atoms with Crippen LogP contribution in [0.4, 0.5) is 0 Å². The van der Waals surface area contributed by atoms with Crippen LogP contribution in [0.1, 0.15) is 20.3 Å². The summed E-state index contributed by atoms with van der Waals surface area (Å²) in [6, 6.07) is -0.148. The molecular formula is C8H18N2OS. The van der Waals surface area contributed by atoms with Gasteiger partial charge >= 0.3 is 0 Å². The van der Waals surface area contributed by atoms with Crippen molar-refractivity contribution in [3.8, 4) is 0 Å². The standard InChI is InChI=1S/C8H18N2OS/c1-3-5-10-8(11)7(6-12)9-4-2/h7,9,12H,3-6H2,1-2H3,(H,10,11)/t7-/m1/s1. The summed E-state index contributed by atoms with van der Waals surface area (Å²) in [6.45, 7) is 5.55. The summed E-state index contributed by atoms with van der Waals surface area (Å²) >= 11 is 4.09. The molecule has 0 saturated heterocycles. The zero-order valence-corrected chi connectivity index (χ0v) is 8.66. The van der Waals surface area contributed by atoms with Crippen LogP contribution in [0.25, 0.3) is 0 Å². The van der Waals surface area contributed by atoms with Gasteiger partial charge in [0.05, 0.1) is 6.04 Å². The van der Waals surface area contributed by atoms with Crippen molar-refractivity contribution in [1.29, 1.82) is 0 Å². The van der Waals surface area contributed by atoms with Crippen molar-refractivity contribution in [1.82, 2.24) is 10.6 Å². The van der Waals surface area contributed by atoms with Gasteiger partial charge in [-0.25, -0.2) is 0 Å². The van der Waals surface area contributed by atoms with Crippen LogP contribution >= 0.6 is 12.6 Å². The molecule has 0 heterocycles. The SMILES string of the molecule is CCCNC(=O)[C@@H](CS)NCC. The van der Waals surface area contributed by atoms with Gasteiger partial charge in [0.1, 0.15) is 0 Å². The van der Waals surface area contributed by atoms with Gasteiger partial charge in [0.2, 0.25) is 5.91 Å². The molecule has 2 N–H and O–H groups in total.